The van der Waals surface area contributed by atoms with Crippen LogP contribution in [0.1, 0.15) is 6.42 Å². The van der Waals surface area contributed by atoms with Crippen LogP contribution in [0.5, 0.6) is 0 Å². The molecule has 1 unspecified atom stereocenters. The molecule has 19 heavy (non-hydrogen) atoms. The van der Waals surface area contributed by atoms with E-state index >= 15 is 0 Å². The second-order valence-corrected chi connectivity index (χ2v) is 4.62. The zero-order valence-corrected chi connectivity index (χ0v) is 11.8. The number of ether oxygens (including phenoxy) is 1. The number of hydrogen-bond donors (Lipinski definition) is 2. The van der Waals surface area contributed by atoms with E-state index in [2.05, 4.69) is 21.2 Å². The summed E-state index contributed by atoms with van der Waals surface area (Å²) in [7, 11) is 1.48. The highest BCUT2D eigenvalue weighted by molar-refractivity contribution is 9.10. The molecular weight excluding hydrogens is 318 g/mol. The lowest BCUT2D eigenvalue weighted by Crippen LogP contribution is -2.28. The number of rotatable bonds is 6. The topological polar surface area (TPSA) is 107 Å². The van der Waals surface area contributed by atoms with Gasteiger partial charge >= 0.3 is 0 Å². The van der Waals surface area contributed by atoms with Gasteiger partial charge in [-0.3, -0.25) is 14.9 Å². The first kappa shape index (κ1) is 15.5. The van der Waals surface area contributed by atoms with Gasteiger partial charge in [0.15, 0.2) is 0 Å². The van der Waals surface area contributed by atoms with E-state index in [1.165, 1.54) is 25.3 Å². The van der Waals surface area contributed by atoms with Gasteiger partial charge in [0, 0.05) is 25.4 Å². The van der Waals surface area contributed by atoms with Crippen molar-refractivity contribution >= 4 is 33.2 Å². The van der Waals surface area contributed by atoms with Crippen LogP contribution in [0, 0.1) is 10.1 Å². The van der Waals surface area contributed by atoms with Gasteiger partial charge in [-0.25, -0.2) is 0 Å². The maximum absolute atomic E-state index is 11.7. The maximum atomic E-state index is 11.7. The Kier molecular flexibility index (Phi) is 5.87. The number of benzene rings is 1. The van der Waals surface area contributed by atoms with Crippen molar-refractivity contribution in [1.82, 2.24) is 0 Å². The summed E-state index contributed by atoms with van der Waals surface area (Å²) in [5.41, 5.74) is 5.82. The molecule has 104 valence electrons. The van der Waals surface area contributed by atoms with Crippen molar-refractivity contribution in [2.24, 2.45) is 5.73 Å². The highest BCUT2D eigenvalue weighted by Crippen LogP contribution is 2.27. The fourth-order valence-corrected chi connectivity index (χ4v) is 1.94. The van der Waals surface area contributed by atoms with Crippen LogP contribution < -0.4 is 11.1 Å². The predicted molar refractivity (Wildman–Crippen MR) is 73.9 cm³/mol. The average Bonchev–Trinajstić information content (AvgIpc) is 2.35. The van der Waals surface area contributed by atoms with Gasteiger partial charge < -0.3 is 15.8 Å². The van der Waals surface area contributed by atoms with Gasteiger partial charge in [0.2, 0.25) is 5.91 Å². The van der Waals surface area contributed by atoms with Crippen LogP contribution in [0.25, 0.3) is 0 Å². The highest BCUT2D eigenvalue weighted by atomic mass is 79.9. The molecule has 3 N–H and O–H groups in total. The second kappa shape index (κ2) is 7.17. The lowest BCUT2D eigenvalue weighted by Gasteiger charge is -2.12. The zero-order chi connectivity index (χ0) is 14.4. The van der Waals surface area contributed by atoms with Crippen LogP contribution in [-0.2, 0) is 9.53 Å². The molecule has 1 aromatic rings. The van der Waals surface area contributed by atoms with Crippen molar-refractivity contribution in [3.05, 3.63) is 32.8 Å². The summed E-state index contributed by atoms with van der Waals surface area (Å²) in [6, 6.07) is 4.25. The first-order valence-electron chi connectivity index (χ1n) is 5.44. The van der Waals surface area contributed by atoms with Crippen molar-refractivity contribution in [3.8, 4) is 0 Å². The second-order valence-electron chi connectivity index (χ2n) is 3.77. The minimum atomic E-state index is -0.509. The Balaban J connectivity index is 2.70. The van der Waals surface area contributed by atoms with Crippen LogP contribution in [0.15, 0.2) is 22.7 Å². The molecule has 0 fully saturated rings. The van der Waals surface area contributed by atoms with Crippen molar-refractivity contribution in [3.63, 3.8) is 0 Å². The number of carbonyl (C=O) groups excluding carboxylic acids is 1. The van der Waals surface area contributed by atoms with Crippen molar-refractivity contribution in [2.75, 3.05) is 19.0 Å². The summed E-state index contributed by atoms with van der Waals surface area (Å²) >= 11 is 3.08. The lowest BCUT2D eigenvalue weighted by atomic mass is 10.2. The SMILES string of the molecule is COC(CN)CC(=O)Nc1ccc([N+](=O)[O-])c(Br)c1. The van der Waals surface area contributed by atoms with Crippen LogP contribution in [0.2, 0.25) is 0 Å². The van der Waals surface area contributed by atoms with Crippen LogP contribution >= 0.6 is 15.9 Å². The third kappa shape index (κ3) is 4.58. The van der Waals surface area contributed by atoms with Crippen LogP contribution in [0.3, 0.4) is 0 Å². The Labute approximate surface area is 118 Å². The molecule has 0 radical (unpaired) electrons. The molecule has 0 spiro atoms. The summed E-state index contributed by atoms with van der Waals surface area (Å²) < 4.78 is 5.30. The van der Waals surface area contributed by atoms with E-state index in [1.807, 2.05) is 0 Å². The van der Waals surface area contributed by atoms with E-state index in [1.54, 1.807) is 0 Å². The number of halogens is 1. The summed E-state index contributed by atoms with van der Waals surface area (Å²) in [6.07, 6.45) is -0.219. The van der Waals surface area contributed by atoms with Gasteiger partial charge in [-0.2, -0.15) is 0 Å². The van der Waals surface area contributed by atoms with Gasteiger partial charge in [-0.05, 0) is 28.1 Å². The average molecular weight is 332 g/mol. The molecule has 0 aliphatic rings. The fraction of sp³-hybridized carbons (Fsp3) is 0.364. The number of nitrogens with two attached hydrogens (primary N) is 1. The van der Waals surface area contributed by atoms with Gasteiger partial charge in [-0.1, -0.05) is 0 Å². The number of nitro benzene ring substituents is 1. The monoisotopic (exact) mass is 331 g/mol. The molecular formula is C11H14BrN3O4. The molecule has 8 heteroatoms. The molecule has 0 bridgehead atoms. The number of amides is 1. The van der Waals surface area contributed by atoms with E-state index in [0.717, 1.165) is 0 Å². The Hall–Kier alpha value is -1.51. The molecule has 1 aromatic carbocycles. The standard InChI is InChI=1S/C11H14BrN3O4/c1-19-8(6-13)5-11(16)14-7-2-3-10(15(17)18)9(12)4-7/h2-4,8H,5-6,13H2,1H3,(H,14,16). The minimum absolute atomic E-state index is 0.0604. The highest BCUT2D eigenvalue weighted by Gasteiger charge is 2.14. The lowest BCUT2D eigenvalue weighted by molar-refractivity contribution is -0.385. The van der Waals surface area contributed by atoms with Gasteiger partial charge in [0.1, 0.15) is 0 Å². The molecule has 1 amide bonds. The smallest absolute Gasteiger partial charge is 0.283 e. The third-order valence-electron chi connectivity index (χ3n) is 2.44. The first-order chi connectivity index (χ1) is 8.97. The van der Waals surface area contributed by atoms with Crippen LogP contribution in [0.4, 0.5) is 11.4 Å². The Morgan fingerprint density at radius 1 is 1.63 bits per heavy atom. The summed E-state index contributed by atoms with van der Waals surface area (Å²) in [6.45, 7) is 0.244. The maximum Gasteiger partial charge on any atom is 0.283 e. The molecule has 0 aromatic heterocycles. The molecule has 1 rings (SSSR count). The fourth-order valence-electron chi connectivity index (χ4n) is 1.41. The largest absolute Gasteiger partial charge is 0.380 e. The molecule has 0 saturated carbocycles. The van der Waals surface area contributed by atoms with Crippen molar-refractivity contribution in [2.45, 2.75) is 12.5 Å². The number of anilines is 1. The first-order valence-corrected chi connectivity index (χ1v) is 6.24. The van der Waals surface area contributed by atoms with E-state index in [9.17, 15) is 14.9 Å². The number of hydrogen-bond acceptors (Lipinski definition) is 5. The summed E-state index contributed by atoms with van der Waals surface area (Å²) in [5, 5.41) is 13.3. The molecule has 7 nitrogen and oxygen atoms in total. The Bertz CT molecular complexity index is 477. The molecule has 1 atom stereocenters. The Morgan fingerprint density at radius 3 is 2.79 bits per heavy atom. The normalized spacial score (nSPS) is 11.9. The number of nitrogens with zero attached hydrogens (tertiary/aromatic N) is 1. The van der Waals surface area contributed by atoms with E-state index in [-0.39, 0.29) is 30.7 Å². The van der Waals surface area contributed by atoms with Gasteiger partial charge in [0.05, 0.1) is 21.9 Å². The van der Waals surface area contributed by atoms with E-state index in [0.29, 0.717) is 10.2 Å². The molecule has 0 heterocycles. The molecule has 0 aliphatic carbocycles. The van der Waals surface area contributed by atoms with E-state index < -0.39 is 4.92 Å². The van der Waals surface area contributed by atoms with Gasteiger partial charge in [-0.15, -0.1) is 0 Å². The predicted octanol–water partition coefficient (Wildman–Crippen LogP) is 1.66. The van der Waals surface area contributed by atoms with Crippen molar-refractivity contribution in [1.29, 1.82) is 0 Å². The van der Waals surface area contributed by atoms with Crippen molar-refractivity contribution < 1.29 is 14.5 Å². The number of nitro groups is 1. The Morgan fingerprint density at radius 2 is 2.32 bits per heavy atom. The number of methoxy groups -OCH3 is 1. The quantitative estimate of drug-likeness (QED) is 0.608. The van der Waals surface area contributed by atoms with Gasteiger partial charge in [0.25, 0.3) is 5.69 Å². The molecule has 0 saturated heterocycles. The van der Waals surface area contributed by atoms with Crippen LogP contribution in [-0.4, -0.2) is 30.6 Å². The summed E-state index contributed by atoms with van der Waals surface area (Å²) in [4.78, 5) is 21.8. The zero-order valence-electron chi connectivity index (χ0n) is 10.3. The number of nitrogens with one attached hydrogen (secondary N) is 1. The third-order valence-corrected chi connectivity index (χ3v) is 3.07. The molecule has 0 aliphatic heterocycles. The van der Waals surface area contributed by atoms with E-state index in [4.69, 9.17) is 10.5 Å². The number of carbonyl (C=O) groups is 1. The summed E-state index contributed by atoms with van der Waals surface area (Å²) in [5.74, 6) is -0.266. The minimum Gasteiger partial charge on any atom is -0.380 e.